The van der Waals surface area contributed by atoms with E-state index in [2.05, 4.69) is 20.8 Å². The normalized spacial score (nSPS) is 11.9. The molecule has 2 nitrogen and oxygen atoms in total. The number of Topliss-reactive ketones (excluding diaryl/α,β-unsaturated/α-hetero) is 1. The summed E-state index contributed by atoms with van der Waals surface area (Å²) in [5.74, 6) is -0.415. The highest BCUT2D eigenvalue weighted by molar-refractivity contribution is 5.97. The summed E-state index contributed by atoms with van der Waals surface area (Å²) in [6, 6.07) is 5.84. The summed E-state index contributed by atoms with van der Waals surface area (Å²) in [6.07, 6.45) is 0.958. The molecule has 94 valence electrons. The highest BCUT2D eigenvalue weighted by Crippen LogP contribution is 2.17. The van der Waals surface area contributed by atoms with Crippen LogP contribution in [0, 0.1) is 5.82 Å². The molecule has 0 aliphatic rings. The van der Waals surface area contributed by atoms with Gasteiger partial charge in [-0.25, -0.2) is 4.39 Å². The second kappa shape index (κ2) is 5.41. The molecule has 0 aromatic heterocycles. The number of halogens is 1. The van der Waals surface area contributed by atoms with Crippen molar-refractivity contribution in [3.05, 3.63) is 35.6 Å². The third-order valence-electron chi connectivity index (χ3n) is 3.43. The molecule has 0 bridgehead atoms. The van der Waals surface area contributed by atoms with Gasteiger partial charge in [0.1, 0.15) is 5.82 Å². The summed E-state index contributed by atoms with van der Waals surface area (Å²) in [7, 11) is 1.92. The van der Waals surface area contributed by atoms with E-state index in [1.165, 1.54) is 12.1 Å². The largest absolute Gasteiger partial charge is 0.294 e. The van der Waals surface area contributed by atoms with Crippen LogP contribution >= 0.6 is 0 Å². The standard InChI is InChI=1S/C14H20FNO/c1-5-14(2,3)16(4)10-13(17)11-7-6-8-12(15)9-11/h6-9H,5,10H2,1-4H3. The Morgan fingerprint density at radius 1 is 1.41 bits per heavy atom. The predicted octanol–water partition coefficient (Wildman–Crippen LogP) is 3.13. The van der Waals surface area contributed by atoms with Crippen LogP contribution in [0.2, 0.25) is 0 Å². The van der Waals surface area contributed by atoms with Gasteiger partial charge >= 0.3 is 0 Å². The van der Waals surface area contributed by atoms with Gasteiger partial charge in [-0.3, -0.25) is 9.69 Å². The maximum absolute atomic E-state index is 13.0. The first-order valence-electron chi connectivity index (χ1n) is 5.87. The van der Waals surface area contributed by atoms with Crippen molar-refractivity contribution in [1.82, 2.24) is 4.90 Å². The Kier molecular flexibility index (Phi) is 4.40. The monoisotopic (exact) mass is 237 g/mol. The van der Waals surface area contributed by atoms with Crippen LogP contribution in [0.5, 0.6) is 0 Å². The van der Waals surface area contributed by atoms with Crippen molar-refractivity contribution in [2.24, 2.45) is 0 Å². The van der Waals surface area contributed by atoms with Gasteiger partial charge < -0.3 is 0 Å². The van der Waals surface area contributed by atoms with Crippen molar-refractivity contribution < 1.29 is 9.18 Å². The van der Waals surface area contributed by atoms with E-state index in [-0.39, 0.29) is 17.1 Å². The number of hydrogen-bond acceptors (Lipinski definition) is 2. The van der Waals surface area contributed by atoms with Gasteiger partial charge in [-0.15, -0.1) is 0 Å². The SMILES string of the molecule is CCC(C)(C)N(C)CC(=O)c1cccc(F)c1. The summed E-state index contributed by atoms with van der Waals surface area (Å²) < 4.78 is 13.0. The molecular formula is C14H20FNO. The molecule has 1 rings (SSSR count). The second-order valence-corrected chi connectivity index (χ2v) is 4.96. The fourth-order valence-electron chi connectivity index (χ4n) is 1.45. The molecule has 0 amide bonds. The maximum Gasteiger partial charge on any atom is 0.176 e. The molecule has 17 heavy (non-hydrogen) atoms. The van der Waals surface area contributed by atoms with Crippen LogP contribution in [0.3, 0.4) is 0 Å². The Morgan fingerprint density at radius 2 is 2.06 bits per heavy atom. The minimum atomic E-state index is -0.367. The van der Waals surface area contributed by atoms with E-state index in [9.17, 15) is 9.18 Å². The quantitative estimate of drug-likeness (QED) is 0.733. The van der Waals surface area contributed by atoms with Crippen LogP contribution in [0.15, 0.2) is 24.3 Å². The highest BCUT2D eigenvalue weighted by Gasteiger charge is 2.23. The summed E-state index contributed by atoms with van der Waals surface area (Å²) >= 11 is 0. The smallest absolute Gasteiger partial charge is 0.176 e. The van der Waals surface area contributed by atoms with Crippen molar-refractivity contribution in [2.45, 2.75) is 32.7 Å². The van der Waals surface area contributed by atoms with Crippen molar-refractivity contribution in [2.75, 3.05) is 13.6 Å². The van der Waals surface area contributed by atoms with E-state index >= 15 is 0 Å². The predicted molar refractivity (Wildman–Crippen MR) is 67.7 cm³/mol. The van der Waals surface area contributed by atoms with E-state index in [0.717, 1.165) is 6.42 Å². The number of nitrogens with zero attached hydrogens (tertiary/aromatic N) is 1. The zero-order chi connectivity index (χ0) is 13.1. The van der Waals surface area contributed by atoms with Crippen molar-refractivity contribution >= 4 is 5.78 Å². The van der Waals surface area contributed by atoms with E-state index in [4.69, 9.17) is 0 Å². The molecule has 0 N–H and O–H groups in total. The Morgan fingerprint density at radius 3 is 2.59 bits per heavy atom. The highest BCUT2D eigenvalue weighted by atomic mass is 19.1. The van der Waals surface area contributed by atoms with Crippen molar-refractivity contribution in [1.29, 1.82) is 0 Å². The minimum Gasteiger partial charge on any atom is -0.294 e. The van der Waals surface area contributed by atoms with E-state index < -0.39 is 0 Å². The summed E-state index contributed by atoms with van der Waals surface area (Å²) in [6.45, 7) is 6.57. The van der Waals surface area contributed by atoms with E-state index in [1.807, 2.05) is 11.9 Å². The lowest BCUT2D eigenvalue weighted by Crippen LogP contribution is -2.43. The first kappa shape index (κ1) is 13.8. The van der Waals surface area contributed by atoms with Gasteiger partial charge in [-0.1, -0.05) is 19.1 Å². The Labute approximate surface area is 102 Å². The van der Waals surface area contributed by atoms with Gasteiger partial charge in [0, 0.05) is 11.1 Å². The summed E-state index contributed by atoms with van der Waals surface area (Å²) in [5.41, 5.74) is 0.409. The van der Waals surface area contributed by atoms with Gasteiger partial charge in [-0.2, -0.15) is 0 Å². The first-order chi connectivity index (χ1) is 7.86. The molecule has 0 saturated heterocycles. The van der Waals surface area contributed by atoms with Gasteiger partial charge in [0.15, 0.2) is 5.78 Å². The average Bonchev–Trinajstić information content (AvgIpc) is 2.28. The van der Waals surface area contributed by atoms with Crippen LogP contribution in [0.1, 0.15) is 37.6 Å². The summed E-state index contributed by atoms with van der Waals surface area (Å²) in [4.78, 5) is 14.0. The number of likely N-dealkylation sites (N-methyl/N-ethyl adjacent to an activating group) is 1. The Hall–Kier alpha value is -1.22. The Balaban J connectivity index is 2.73. The molecule has 0 radical (unpaired) electrons. The molecule has 0 saturated carbocycles. The first-order valence-corrected chi connectivity index (χ1v) is 5.87. The fraction of sp³-hybridized carbons (Fsp3) is 0.500. The maximum atomic E-state index is 13.0. The Bertz CT molecular complexity index is 401. The van der Waals surface area contributed by atoms with E-state index in [0.29, 0.717) is 12.1 Å². The second-order valence-electron chi connectivity index (χ2n) is 4.96. The molecular weight excluding hydrogens is 217 g/mol. The number of benzene rings is 1. The molecule has 1 aromatic rings. The van der Waals surface area contributed by atoms with Crippen LogP contribution in [0.25, 0.3) is 0 Å². The molecule has 0 aliphatic carbocycles. The molecule has 3 heteroatoms. The topological polar surface area (TPSA) is 20.3 Å². The third-order valence-corrected chi connectivity index (χ3v) is 3.43. The fourth-order valence-corrected chi connectivity index (χ4v) is 1.45. The van der Waals surface area contributed by atoms with Crippen LogP contribution in [-0.2, 0) is 0 Å². The lowest BCUT2D eigenvalue weighted by atomic mass is 9.99. The third kappa shape index (κ3) is 3.63. The summed E-state index contributed by atoms with van der Waals surface area (Å²) in [5, 5.41) is 0. The number of ketones is 1. The van der Waals surface area contributed by atoms with Crippen LogP contribution in [-0.4, -0.2) is 29.8 Å². The number of carbonyl (C=O) groups is 1. The van der Waals surface area contributed by atoms with Gasteiger partial charge in [0.05, 0.1) is 6.54 Å². The van der Waals surface area contributed by atoms with Gasteiger partial charge in [0.2, 0.25) is 0 Å². The van der Waals surface area contributed by atoms with Crippen LogP contribution in [0.4, 0.5) is 4.39 Å². The molecule has 0 heterocycles. The molecule has 0 atom stereocenters. The van der Waals surface area contributed by atoms with Crippen molar-refractivity contribution in [3.8, 4) is 0 Å². The van der Waals surface area contributed by atoms with Gasteiger partial charge in [0.25, 0.3) is 0 Å². The lowest BCUT2D eigenvalue weighted by molar-refractivity contribution is 0.0846. The van der Waals surface area contributed by atoms with E-state index in [1.54, 1.807) is 12.1 Å². The zero-order valence-corrected chi connectivity index (χ0v) is 11.0. The zero-order valence-electron chi connectivity index (χ0n) is 11.0. The average molecular weight is 237 g/mol. The molecule has 0 spiro atoms. The van der Waals surface area contributed by atoms with Gasteiger partial charge in [-0.05, 0) is 39.4 Å². The molecule has 0 unspecified atom stereocenters. The van der Waals surface area contributed by atoms with Crippen LogP contribution < -0.4 is 0 Å². The minimum absolute atomic E-state index is 0.0248. The number of carbonyl (C=O) groups excluding carboxylic acids is 1. The number of rotatable bonds is 5. The molecule has 0 aliphatic heterocycles. The van der Waals surface area contributed by atoms with Crippen molar-refractivity contribution in [3.63, 3.8) is 0 Å². The lowest BCUT2D eigenvalue weighted by Gasteiger charge is -2.34. The number of hydrogen-bond donors (Lipinski definition) is 0. The molecule has 1 aromatic carbocycles. The molecule has 0 fully saturated rings.